The number of aryl methyl sites for hydroxylation is 1. The first kappa shape index (κ1) is 22.5. The van der Waals surface area contributed by atoms with Gasteiger partial charge in [0.1, 0.15) is 5.56 Å². The van der Waals surface area contributed by atoms with Gasteiger partial charge in [-0.1, -0.05) is 18.2 Å². The van der Waals surface area contributed by atoms with Crippen LogP contribution in [-0.2, 0) is 7.05 Å². The molecule has 0 radical (unpaired) electrons. The van der Waals surface area contributed by atoms with Gasteiger partial charge in [-0.3, -0.25) is 10.1 Å². The number of fused-ring (bicyclic) bond motifs is 1. The van der Waals surface area contributed by atoms with Crippen LogP contribution in [0.2, 0.25) is 0 Å². The number of nitro benzene ring substituents is 1. The second-order valence-electron chi connectivity index (χ2n) is 7.04. The van der Waals surface area contributed by atoms with E-state index in [1.165, 1.54) is 6.20 Å². The quantitative estimate of drug-likeness (QED) is 0.299. The fourth-order valence-electron chi connectivity index (χ4n) is 3.43. The van der Waals surface area contributed by atoms with Crippen molar-refractivity contribution < 1.29 is 32.7 Å². The van der Waals surface area contributed by atoms with Crippen molar-refractivity contribution >= 4 is 34.2 Å². The molecule has 4 aromatic rings. The number of hydrogen-bond donors (Lipinski definition) is 2. The van der Waals surface area contributed by atoms with E-state index in [0.717, 1.165) is 16.5 Å². The Balaban J connectivity index is 1.80. The zero-order chi connectivity index (χ0) is 24.6. The first-order valence-corrected chi connectivity index (χ1v) is 9.49. The van der Waals surface area contributed by atoms with E-state index < -0.39 is 39.9 Å². The number of carboxylic acid groups (broad SMARTS) is 1. The normalized spacial score (nSPS) is 11.4. The van der Waals surface area contributed by atoms with Gasteiger partial charge in [0.25, 0.3) is 5.69 Å². The fraction of sp³-hybridized carbons (Fsp3) is 0.0952. The van der Waals surface area contributed by atoms with Crippen molar-refractivity contribution in [1.82, 2.24) is 14.5 Å². The number of nitrogens with one attached hydrogen (secondary N) is 1. The van der Waals surface area contributed by atoms with Gasteiger partial charge in [-0.2, -0.15) is 0 Å². The molecule has 0 amide bonds. The van der Waals surface area contributed by atoms with Crippen molar-refractivity contribution in [2.24, 2.45) is 7.05 Å². The van der Waals surface area contributed by atoms with Crippen LogP contribution in [0.5, 0.6) is 5.75 Å². The molecule has 0 bridgehead atoms. The minimum absolute atomic E-state index is 0.185. The third-order valence-corrected chi connectivity index (χ3v) is 4.83. The van der Waals surface area contributed by atoms with E-state index in [1.54, 1.807) is 6.07 Å². The maximum Gasteiger partial charge on any atom is 0.573 e. The third kappa shape index (κ3) is 4.44. The lowest BCUT2D eigenvalue weighted by Crippen LogP contribution is -2.19. The average Bonchev–Trinajstić information content (AvgIpc) is 3.10. The average molecular weight is 473 g/mol. The molecule has 2 aromatic carbocycles. The molecule has 0 atom stereocenters. The standard InChI is InChI=1S/C21H14F3N5O5/c1-28-10-13(11-4-2-3-5-16(11)28)14-6-7-25-20(26-14)27-15-9-17(29(32)33)12(19(30)31)8-18(15)34-21(22,23)24/h2-10H,1H3,(H,30,31)(H,25,26,27). The molecule has 2 aromatic heterocycles. The number of ether oxygens (including phenoxy) is 1. The lowest BCUT2D eigenvalue weighted by molar-refractivity contribution is -0.385. The molecular formula is C21H14F3N5O5. The topological polar surface area (TPSA) is 132 Å². The van der Waals surface area contributed by atoms with Crippen LogP contribution in [0, 0.1) is 10.1 Å². The number of anilines is 2. The summed E-state index contributed by atoms with van der Waals surface area (Å²) >= 11 is 0. The predicted molar refractivity (Wildman–Crippen MR) is 114 cm³/mol. The Labute approximate surface area is 188 Å². The number of carbonyl (C=O) groups is 1. The van der Waals surface area contributed by atoms with Gasteiger partial charge in [0.2, 0.25) is 5.95 Å². The molecule has 0 aliphatic carbocycles. The molecule has 0 aliphatic heterocycles. The van der Waals surface area contributed by atoms with Gasteiger partial charge in [0.15, 0.2) is 5.75 Å². The van der Waals surface area contributed by atoms with Gasteiger partial charge in [-0.05, 0) is 12.1 Å². The number of benzene rings is 2. The van der Waals surface area contributed by atoms with Crippen LogP contribution in [0.25, 0.3) is 22.2 Å². The smallest absolute Gasteiger partial charge is 0.477 e. The minimum Gasteiger partial charge on any atom is -0.477 e. The van der Waals surface area contributed by atoms with Gasteiger partial charge in [0.05, 0.1) is 16.3 Å². The highest BCUT2D eigenvalue weighted by Crippen LogP contribution is 2.38. The van der Waals surface area contributed by atoms with Gasteiger partial charge in [-0.15, -0.1) is 13.2 Å². The zero-order valence-corrected chi connectivity index (χ0v) is 17.2. The number of hydrogen-bond acceptors (Lipinski definition) is 7. The number of halogens is 3. The van der Waals surface area contributed by atoms with Crippen molar-refractivity contribution in [3.63, 3.8) is 0 Å². The third-order valence-electron chi connectivity index (χ3n) is 4.83. The molecule has 2 heterocycles. The van der Waals surface area contributed by atoms with Crippen LogP contribution >= 0.6 is 0 Å². The highest BCUT2D eigenvalue weighted by atomic mass is 19.4. The van der Waals surface area contributed by atoms with Gasteiger partial charge >= 0.3 is 12.3 Å². The van der Waals surface area contributed by atoms with Crippen molar-refractivity contribution in [3.05, 3.63) is 70.5 Å². The number of nitro groups is 1. The van der Waals surface area contributed by atoms with E-state index in [9.17, 15) is 33.2 Å². The number of carboxylic acids is 1. The highest BCUT2D eigenvalue weighted by Gasteiger charge is 2.34. The molecule has 4 rings (SSSR count). The van der Waals surface area contributed by atoms with Crippen molar-refractivity contribution in [2.45, 2.75) is 6.36 Å². The predicted octanol–water partition coefficient (Wildman–Crippen LogP) is 4.88. The Morgan fingerprint density at radius 1 is 1.24 bits per heavy atom. The fourth-order valence-corrected chi connectivity index (χ4v) is 3.43. The Hall–Kier alpha value is -4.68. The first-order chi connectivity index (χ1) is 16.0. The lowest BCUT2D eigenvalue weighted by Gasteiger charge is -2.15. The summed E-state index contributed by atoms with van der Waals surface area (Å²) in [5.41, 5.74) is -0.364. The van der Waals surface area contributed by atoms with E-state index in [1.807, 2.05) is 42.1 Å². The Morgan fingerprint density at radius 3 is 2.65 bits per heavy atom. The maximum atomic E-state index is 12.9. The van der Waals surface area contributed by atoms with E-state index in [-0.39, 0.29) is 5.95 Å². The van der Waals surface area contributed by atoms with E-state index >= 15 is 0 Å². The number of alkyl halides is 3. The summed E-state index contributed by atoms with van der Waals surface area (Å²) in [5.74, 6) is -2.97. The van der Waals surface area contributed by atoms with Gasteiger partial charge in [0, 0.05) is 48.0 Å². The van der Waals surface area contributed by atoms with E-state index in [2.05, 4.69) is 20.0 Å². The van der Waals surface area contributed by atoms with E-state index in [4.69, 9.17) is 0 Å². The van der Waals surface area contributed by atoms with Crippen LogP contribution in [0.3, 0.4) is 0 Å². The molecule has 34 heavy (non-hydrogen) atoms. The summed E-state index contributed by atoms with van der Waals surface area (Å²) in [6, 6.07) is 10.1. The second-order valence-corrected chi connectivity index (χ2v) is 7.04. The number of rotatable bonds is 6. The number of para-hydroxylation sites is 1. The van der Waals surface area contributed by atoms with Crippen LogP contribution in [0.15, 0.2) is 54.9 Å². The van der Waals surface area contributed by atoms with Crippen molar-refractivity contribution in [2.75, 3.05) is 5.32 Å². The SMILES string of the molecule is Cn1cc(-c2ccnc(Nc3cc([N+](=O)[O-])c(C(=O)O)cc3OC(F)(F)F)n2)c2ccccc21. The van der Waals surface area contributed by atoms with Crippen LogP contribution < -0.4 is 10.1 Å². The summed E-state index contributed by atoms with van der Waals surface area (Å²) in [5, 5.41) is 23.8. The molecule has 0 saturated heterocycles. The number of aromatic carboxylic acids is 1. The Bertz CT molecular complexity index is 1430. The summed E-state index contributed by atoms with van der Waals surface area (Å²) in [4.78, 5) is 29.9. The summed E-state index contributed by atoms with van der Waals surface area (Å²) < 4.78 is 44.5. The molecule has 0 spiro atoms. The summed E-state index contributed by atoms with van der Waals surface area (Å²) in [7, 11) is 1.84. The lowest BCUT2D eigenvalue weighted by atomic mass is 10.1. The van der Waals surface area contributed by atoms with Crippen molar-refractivity contribution in [1.29, 1.82) is 0 Å². The Kier molecular flexibility index (Phi) is 5.53. The Morgan fingerprint density at radius 2 is 1.97 bits per heavy atom. The molecule has 13 heteroatoms. The second kappa shape index (κ2) is 8.35. The molecule has 10 nitrogen and oxygen atoms in total. The number of nitrogens with zero attached hydrogens (tertiary/aromatic N) is 4. The summed E-state index contributed by atoms with van der Waals surface area (Å²) in [6.07, 6.45) is -2.01. The van der Waals surface area contributed by atoms with E-state index in [0.29, 0.717) is 17.8 Å². The molecule has 0 aliphatic rings. The van der Waals surface area contributed by atoms with Gasteiger partial charge in [-0.25, -0.2) is 14.8 Å². The van der Waals surface area contributed by atoms with Crippen LogP contribution in [0.1, 0.15) is 10.4 Å². The summed E-state index contributed by atoms with van der Waals surface area (Å²) in [6.45, 7) is 0. The van der Waals surface area contributed by atoms with Crippen LogP contribution in [0.4, 0.5) is 30.5 Å². The molecular weight excluding hydrogens is 459 g/mol. The molecule has 2 N–H and O–H groups in total. The van der Waals surface area contributed by atoms with Crippen LogP contribution in [-0.4, -0.2) is 36.9 Å². The largest absolute Gasteiger partial charge is 0.573 e. The minimum atomic E-state index is -5.19. The zero-order valence-electron chi connectivity index (χ0n) is 17.2. The number of aromatic nitrogens is 3. The molecule has 0 unspecified atom stereocenters. The monoisotopic (exact) mass is 473 g/mol. The molecule has 174 valence electrons. The molecule has 0 fully saturated rings. The first-order valence-electron chi connectivity index (χ1n) is 9.49. The highest BCUT2D eigenvalue weighted by molar-refractivity contribution is 5.96. The van der Waals surface area contributed by atoms with Gasteiger partial charge < -0.3 is 19.7 Å². The maximum absolute atomic E-state index is 12.9. The molecule has 0 saturated carbocycles. The van der Waals surface area contributed by atoms with Crippen molar-refractivity contribution in [3.8, 4) is 17.0 Å².